The van der Waals surface area contributed by atoms with Crippen molar-refractivity contribution in [1.29, 1.82) is 0 Å². The van der Waals surface area contributed by atoms with Gasteiger partial charge in [0, 0.05) is 17.3 Å². The number of hydrogen-bond donors (Lipinski definition) is 3. The maximum Gasteiger partial charge on any atom is 0.170 e. The molecule has 0 unspecified atom stereocenters. The van der Waals surface area contributed by atoms with Gasteiger partial charge >= 0.3 is 0 Å². The molecule has 1 saturated carbocycles. The number of fused-ring (bicyclic) bond motifs is 1. The fourth-order valence-electron chi connectivity index (χ4n) is 3.57. The molecular formula is C21H24N4S. The maximum absolute atomic E-state index is 5.46. The number of nitrogens with zero attached hydrogens (tertiary/aromatic N) is 1. The van der Waals surface area contributed by atoms with Gasteiger partial charge in [0.2, 0.25) is 0 Å². The molecule has 0 bridgehead atoms. The van der Waals surface area contributed by atoms with Crippen LogP contribution in [0.3, 0.4) is 0 Å². The monoisotopic (exact) mass is 364 g/mol. The fraction of sp³-hybridized carbons (Fsp3) is 0.333. The van der Waals surface area contributed by atoms with E-state index >= 15 is 0 Å². The molecule has 0 radical (unpaired) electrons. The van der Waals surface area contributed by atoms with Crippen molar-refractivity contribution in [3.63, 3.8) is 0 Å². The Hall–Kier alpha value is -2.40. The molecule has 0 atom stereocenters. The quantitative estimate of drug-likeness (QED) is 0.562. The first-order valence-corrected chi connectivity index (χ1v) is 9.72. The van der Waals surface area contributed by atoms with Gasteiger partial charge in [-0.05, 0) is 73.9 Å². The Balaban J connectivity index is 1.43. The van der Waals surface area contributed by atoms with E-state index in [1.54, 1.807) is 0 Å². The van der Waals surface area contributed by atoms with E-state index in [9.17, 15) is 0 Å². The van der Waals surface area contributed by atoms with Crippen LogP contribution < -0.4 is 10.6 Å². The summed E-state index contributed by atoms with van der Waals surface area (Å²) in [5.74, 6) is 0.889. The van der Waals surface area contributed by atoms with Gasteiger partial charge < -0.3 is 15.6 Å². The Bertz CT molecular complexity index is 907. The lowest BCUT2D eigenvalue weighted by molar-refractivity contribution is 0.415. The molecule has 1 aliphatic rings. The molecule has 1 fully saturated rings. The standard InChI is InChI=1S/C21H24N4S/c1-14-7-12-18-19(13-14)25-20(24-18)15-8-10-17(11-9-15)23-21(26)22-16-5-3-2-4-6-16/h7-13,16H,2-6H2,1H3,(H,24,25)(H2,22,23,26). The summed E-state index contributed by atoms with van der Waals surface area (Å²) in [6.45, 7) is 2.09. The van der Waals surface area contributed by atoms with Crippen LogP contribution >= 0.6 is 12.2 Å². The smallest absolute Gasteiger partial charge is 0.170 e. The fourth-order valence-corrected chi connectivity index (χ4v) is 3.86. The van der Waals surface area contributed by atoms with Gasteiger partial charge in [-0.1, -0.05) is 25.3 Å². The van der Waals surface area contributed by atoms with Gasteiger partial charge in [-0.15, -0.1) is 0 Å². The van der Waals surface area contributed by atoms with Crippen molar-refractivity contribution < 1.29 is 0 Å². The number of aromatic nitrogens is 2. The average molecular weight is 365 g/mol. The molecule has 0 aliphatic heterocycles. The summed E-state index contributed by atoms with van der Waals surface area (Å²) in [5, 5.41) is 7.44. The highest BCUT2D eigenvalue weighted by Gasteiger charge is 2.14. The van der Waals surface area contributed by atoms with Crippen molar-refractivity contribution >= 4 is 34.1 Å². The third-order valence-corrected chi connectivity index (χ3v) is 5.21. The average Bonchev–Trinajstić information content (AvgIpc) is 3.06. The molecule has 5 heteroatoms. The van der Waals surface area contributed by atoms with E-state index in [1.165, 1.54) is 37.7 Å². The molecule has 4 rings (SSSR count). The van der Waals surface area contributed by atoms with Crippen LogP contribution in [0.2, 0.25) is 0 Å². The molecule has 2 aromatic carbocycles. The number of anilines is 1. The van der Waals surface area contributed by atoms with E-state index in [2.05, 4.69) is 57.9 Å². The van der Waals surface area contributed by atoms with Crippen LogP contribution in [0, 0.1) is 6.92 Å². The topological polar surface area (TPSA) is 52.7 Å². The van der Waals surface area contributed by atoms with Crippen molar-refractivity contribution in [2.24, 2.45) is 0 Å². The van der Waals surface area contributed by atoms with Crippen LogP contribution in [0.15, 0.2) is 42.5 Å². The number of aromatic amines is 1. The third-order valence-electron chi connectivity index (χ3n) is 4.99. The predicted octanol–water partition coefficient (Wildman–Crippen LogP) is 5.16. The van der Waals surface area contributed by atoms with Gasteiger partial charge in [0.25, 0.3) is 0 Å². The second-order valence-corrected chi connectivity index (χ2v) is 7.53. The van der Waals surface area contributed by atoms with Crippen LogP contribution in [-0.2, 0) is 0 Å². The van der Waals surface area contributed by atoms with Gasteiger partial charge in [0.15, 0.2) is 5.11 Å². The van der Waals surface area contributed by atoms with Crippen LogP contribution in [-0.4, -0.2) is 21.1 Å². The molecule has 4 nitrogen and oxygen atoms in total. The molecule has 0 amide bonds. The minimum atomic E-state index is 0.516. The first kappa shape index (κ1) is 17.0. The Morgan fingerprint density at radius 3 is 2.62 bits per heavy atom. The summed E-state index contributed by atoms with van der Waals surface area (Å²) in [6.07, 6.45) is 6.37. The van der Waals surface area contributed by atoms with E-state index in [-0.39, 0.29) is 0 Å². The van der Waals surface area contributed by atoms with Gasteiger partial charge in [-0.25, -0.2) is 4.98 Å². The SMILES string of the molecule is Cc1ccc2nc(-c3ccc(NC(=S)NC4CCCCC4)cc3)[nH]c2c1. The van der Waals surface area contributed by atoms with Gasteiger partial charge in [0.05, 0.1) is 11.0 Å². The lowest BCUT2D eigenvalue weighted by Crippen LogP contribution is -2.38. The van der Waals surface area contributed by atoms with Gasteiger partial charge in [-0.3, -0.25) is 0 Å². The van der Waals surface area contributed by atoms with Crippen molar-refractivity contribution in [3.05, 3.63) is 48.0 Å². The molecule has 1 aliphatic carbocycles. The van der Waals surface area contributed by atoms with E-state index in [0.29, 0.717) is 11.2 Å². The number of imidazole rings is 1. The molecule has 134 valence electrons. The number of aryl methyl sites for hydroxylation is 1. The summed E-state index contributed by atoms with van der Waals surface area (Å²) < 4.78 is 0. The second kappa shape index (κ2) is 7.46. The van der Waals surface area contributed by atoms with Crippen molar-refractivity contribution in [2.75, 3.05) is 5.32 Å². The number of H-pyrrole nitrogens is 1. The molecule has 3 aromatic rings. The van der Waals surface area contributed by atoms with Gasteiger partial charge in [-0.2, -0.15) is 0 Å². The van der Waals surface area contributed by atoms with Crippen LogP contribution in [0.5, 0.6) is 0 Å². The Kier molecular flexibility index (Phi) is 4.89. The van der Waals surface area contributed by atoms with E-state index in [4.69, 9.17) is 12.2 Å². The van der Waals surface area contributed by atoms with Crippen molar-refractivity contribution in [2.45, 2.75) is 45.1 Å². The number of rotatable bonds is 3. The zero-order valence-electron chi connectivity index (χ0n) is 15.0. The first-order valence-electron chi connectivity index (χ1n) is 9.32. The Morgan fingerprint density at radius 2 is 1.85 bits per heavy atom. The molecule has 0 spiro atoms. The molecule has 1 aromatic heterocycles. The normalized spacial score (nSPS) is 15.1. The van der Waals surface area contributed by atoms with Crippen molar-refractivity contribution in [3.8, 4) is 11.4 Å². The maximum atomic E-state index is 5.46. The largest absolute Gasteiger partial charge is 0.360 e. The molecule has 0 saturated heterocycles. The third kappa shape index (κ3) is 3.88. The zero-order valence-corrected chi connectivity index (χ0v) is 15.8. The molecular weight excluding hydrogens is 340 g/mol. The second-order valence-electron chi connectivity index (χ2n) is 7.12. The highest BCUT2D eigenvalue weighted by Crippen LogP contribution is 2.23. The van der Waals surface area contributed by atoms with Crippen LogP contribution in [0.4, 0.5) is 5.69 Å². The highest BCUT2D eigenvalue weighted by atomic mass is 32.1. The first-order chi connectivity index (χ1) is 12.7. The van der Waals surface area contributed by atoms with E-state index in [0.717, 1.165) is 28.1 Å². The summed E-state index contributed by atoms with van der Waals surface area (Å²) in [6, 6.07) is 15.0. The number of hydrogen-bond acceptors (Lipinski definition) is 2. The van der Waals surface area contributed by atoms with Crippen LogP contribution in [0.1, 0.15) is 37.7 Å². The van der Waals surface area contributed by atoms with Gasteiger partial charge in [0.1, 0.15) is 5.82 Å². The molecule has 1 heterocycles. The lowest BCUT2D eigenvalue weighted by atomic mass is 9.96. The number of thiocarbonyl (C=S) groups is 1. The number of nitrogens with one attached hydrogen (secondary N) is 3. The Labute approximate surface area is 159 Å². The minimum absolute atomic E-state index is 0.516. The van der Waals surface area contributed by atoms with Crippen molar-refractivity contribution in [1.82, 2.24) is 15.3 Å². The summed E-state index contributed by atoms with van der Waals surface area (Å²) >= 11 is 5.46. The summed E-state index contributed by atoms with van der Waals surface area (Å²) in [4.78, 5) is 8.08. The Morgan fingerprint density at radius 1 is 1.08 bits per heavy atom. The van der Waals surface area contributed by atoms with E-state index < -0.39 is 0 Å². The number of benzene rings is 2. The molecule has 3 N–H and O–H groups in total. The summed E-state index contributed by atoms with van der Waals surface area (Å²) in [7, 11) is 0. The molecule has 26 heavy (non-hydrogen) atoms. The highest BCUT2D eigenvalue weighted by molar-refractivity contribution is 7.80. The van der Waals surface area contributed by atoms with Crippen LogP contribution in [0.25, 0.3) is 22.4 Å². The summed E-state index contributed by atoms with van der Waals surface area (Å²) in [5.41, 5.74) is 5.35. The van der Waals surface area contributed by atoms with E-state index in [1.807, 2.05) is 12.1 Å². The minimum Gasteiger partial charge on any atom is -0.360 e. The zero-order chi connectivity index (χ0) is 17.9. The predicted molar refractivity (Wildman–Crippen MR) is 112 cm³/mol. The lowest BCUT2D eigenvalue weighted by Gasteiger charge is -2.24.